The van der Waals surface area contributed by atoms with Gasteiger partial charge in [0.05, 0.1) is 12.1 Å². The van der Waals surface area contributed by atoms with Crippen molar-refractivity contribution in [3.05, 3.63) is 64.7 Å². The molecule has 0 spiro atoms. The maximum atomic E-state index is 13.2. The number of hydrogen-bond donors (Lipinski definition) is 1. The molecule has 0 unspecified atom stereocenters. The van der Waals surface area contributed by atoms with Crippen LogP contribution in [0.2, 0.25) is 0 Å². The van der Waals surface area contributed by atoms with E-state index in [4.69, 9.17) is 9.47 Å². The van der Waals surface area contributed by atoms with E-state index in [1.165, 1.54) is 11.1 Å². The zero-order valence-electron chi connectivity index (χ0n) is 20.1. The Morgan fingerprint density at radius 2 is 2.03 bits per heavy atom. The van der Waals surface area contributed by atoms with Gasteiger partial charge in [-0.1, -0.05) is 35.9 Å². The summed E-state index contributed by atoms with van der Waals surface area (Å²) in [7, 11) is 0. The van der Waals surface area contributed by atoms with Crippen LogP contribution in [-0.4, -0.2) is 48.6 Å². The quantitative estimate of drug-likeness (QED) is 0.677. The summed E-state index contributed by atoms with van der Waals surface area (Å²) in [5, 5.41) is 2.95. The van der Waals surface area contributed by atoms with Crippen LogP contribution in [0.5, 0.6) is 5.75 Å². The molecular formula is C28H34N2O4. The molecule has 6 nitrogen and oxygen atoms in total. The van der Waals surface area contributed by atoms with Gasteiger partial charge >= 0.3 is 0 Å². The Morgan fingerprint density at radius 3 is 2.76 bits per heavy atom. The van der Waals surface area contributed by atoms with Gasteiger partial charge in [0.25, 0.3) is 5.91 Å². The Morgan fingerprint density at radius 1 is 1.18 bits per heavy atom. The minimum Gasteiger partial charge on any atom is -0.481 e. The molecule has 2 fully saturated rings. The standard InChI is InChI=1S/C28H34N2O4/c1-18-5-3-6-22(15-18)26-25-16-23(34-19(2)27(31)29-17-24-7-4-14-33-24)11-10-20(25)12-13-30(26)28(32)21-8-9-21/h3,5-6,10-11,15-16,19,21,24,26H,4,7-9,12-14,17H2,1-2H3,(H,29,31)/t19-,24+,26-/m1/s1. The van der Waals surface area contributed by atoms with Gasteiger partial charge in [0, 0.05) is 25.6 Å². The first kappa shape index (κ1) is 22.9. The summed E-state index contributed by atoms with van der Waals surface area (Å²) in [5.41, 5.74) is 4.62. The van der Waals surface area contributed by atoms with Gasteiger partial charge < -0.3 is 19.7 Å². The highest BCUT2D eigenvalue weighted by atomic mass is 16.5. The van der Waals surface area contributed by atoms with Crippen LogP contribution >= 0.6 is 0 Å². The number of hydrogen-bond acceptors (Lipinski definition) is 4. The van der Waals surface area contributed by atoms with Crippen molar-refractivity contribution in [3.63, 3.8) is 0 Å². The van der Waals surface area contributed by atoms with Crippen molar-refractivity contribution in [2.75, 3.05) is 19.7 Å². The predicted molar refractivity (Wildman–Crippen MR) is 130 cm³/mol. The van der Waals surface area contributed by atoms with Crippen LogP contribution in [0.15, 0.2) is 42.5 Å². The average molecular weight is 463 g/mol. The Labute approximate surface area is 201 Å². The predicted octanol–water partition coefficient (Wildman–Crippen LogP) is 3.94. The van der Waals surface area contributed by atoms with Gasteiger partial charge in [-0.3, -0.25) is 9.59 Å². The highest BCUT2D eigenvalue weighted by Crippen LogP contribution is 2.41. The number of nitrogens with zero attached hydrogens (tertiary/aromatic N) is 1. The molecule has 0 bridgehead atoms. The molecule has 3 aliphatic rings. The number of aryl methyl sites for hydroxylation is 1. The van der Waals surface area contributed by atoms with Crippen molar-refractivity contribution >= 4 is 11.8 Å². The molecular weight excluding hydrogens is 428 g/mol. The van der Waals surface area contributed by atoms with Gasteiger partial charge in [-0.15, -0.1) is 0 Å². The zero-order valence-corrected chi connectivity index (χ0v) is 20.1. The first-order valence-electron chi connectivity index (χ1n) is 12.6. The van der Waals surface area contributed by atoms with Crippen LogP contribution in [0.25, 0.3) is 0 Å². The minimum atomic E-state index is -0.621. The fourth-order valence-corrected chi connectivity index (χ4v) is 5.09. The van der Waals surface area contributed by atoms with Crippen molar-refractivity contribution in [1.29, 1.82) is 0 Å². The SMILES string of the molecule is Cc1cccc([C@@H]2c3cc(O[C@H](C)C(=O)NC[C@@H]4CCCO4)ccc3CCN2C(=O)C2CC2)c1. The molecule has 2 aliphatic heterocycles. The Kier molecular flexibility index (Phi) is 6.59. The lowest BCUT2D eigenvalue weighted by Crippen LogP contribution is -2.41. The summed E-state index contributed by atoms with van der Waals surface area (Å²) in [6.45, 7) is 5.86. The van der Waals surface area contributed by atoms with Crippen LogP contribution in [-0.2, 0) is 20.7 Å². The number of carbonyl (C=O) groups excluding carboxylic acids is 2. The second kappa shape index (κ2) is 9.79. The van der Waals surface area contributed by atoms with Crippen LogP contribution < -0.4 is 10.1 Å². The van der Waals surface area contributed by atoms with Gasteiger partial charge in [0.2, 0.25) is 5.91 Å². The summed E-state index contributed by atoms with van der Waals surface area (Å²) in [6.07, 6.45) is 4.32. The van der Waals surface area contributed by atoms with Crippen molar-refractivity contribution in [3.8, 4) is 5.75 Å². The van der Waals surface area contributed by atoms with Gasteiger partial charge in [-0.2, -0.15) is 0 Å². The lowest BCUT2D eigenvalue weighted by molar-refractivity contribution is -0.134. The van der Waals surface area contributed by atoms with Crippen molar-refractivity contribution in [2.45, 2.75) is 64.2 Å². The molecule has 3 atom stereocenters. The molecule has 2 amide bonds. The van der Waals surface area contributed by atoms with Gasteiger partial charge in [0.15, 0.2) is 6.10 Å². The Hall–Kier alpha value is -2.86. The van der Waals surface area contributed by atoms with E-state index in [-0.39, 0.29) is 29.9 Å². The zero-order chi connectivity index (χ0) is 23.7. The number of ether oxygens (including phenoxy) is 2. The Bertz CT molecular complexity index is 1060. The largest absolute Gasteiger partial charge is 0.481 e. The minimum absolute atomic E-state index is 0.102. The molecule has 0 radical (unpaired) electrons. The number of fused-ring (bicyclic) bond motifs is 1. The molecule has 2 aromatic carbocycles. The molecule has 6 heteroatoms. The lowest BCUT2D eigenvalue weighted by Gasteiger charge is -2.38. The van der Waals surface area contributed by atoms with Crippen LogP contribution in [0.3, 0.4) is 0 Å². The molecule has 5 rings (SSSR count). The van der Waals surface area contributed by atoms with E-state index in [0.29, 0.717) is 12.3 Å². The summed E-state index contributed by atoms with van der Waals surface area (Å²) < 4.78 is 11.7. The van der Waals surface area contributed by atoms with Gasteiger partial charge in [0.1, 0.15) is 5.75 Å². The highest BCUT2D eigenvalue weighted by molar-refractivity contribution is 5.82. The molecule has 1 N–H and O–H groups in total. The second-order valence-electron chi connectivity index (χ2n) is 9.87. The second-order valence-corrected chi connectivity index (χ2v) is 9.87. The summed E-state index contributed by atoms with van der Waals surface area (Å²) in [6, 6.07) is 14.3. The fraction of sp³-hybridized carbons (Fsp3) is 0.500. The number of carbonyl (C=O) groups is 2. The van der Waals surface area contributed by atoms with E-state index >= 15 is 0 Å². The molecule has 2 aromatic rings. The van der Waals surface area contributed by atoms with E-state index in [0.717, 1.165) is 56.4 Å². The fourth-order valence-electron chi connectivity index (χ4n) is 5.09. The third-order valence-corrected chi connectivity index (χ3v) is 7.12. The van der Waals surface area contributed by atoms with E-state index < -0.39 is 6.10 Å². The number of benzene rings is 2. The topological polar surface area (TPSA) is 67.9 Å². The molecule has 2 heterocycles. The van der Waals surface area contributed by atoms with Crippen molar-refractivity contribution in [2.24, 2.45) is 5.92 Å². The van der Waals surface area contributed by atoms with E-state index in [2.05, 4.69) is 47.5 Å². The molecule has 180 valence electrons. The number of amides is 2. The summed E-state index contributed by atoms with van der Waals surface area (Å²) in [5.74, 6) is 0.928. The van der Waals surface area contributed by atoms with E-state index in [1.807, 2.05) is 12.1 Å². The van der Waals surface area contributed by atoms with Crippen LogP contribution in [0.4, 0.5) is 0 Å². The number of rotatable bonds is 7. The van der Waals surface area contributed by atoms with Crippen molar-refractivity contribution < 1.29 is 19.1 Å². The smallest absolute Gasteiger partial charge is 0.260 e. The molecule has 1 saturated heterocycles. The third-order valence-electron chi connectivity index (χ3n) is 7.12. The summed E-state index contributed by atoms with van der Waals surface area (Å²) >= 11 is 0. The molecule has 34 heavy (non-hydrogen) atoms. The molecule has 1 saturated carbocycles. The molecule has 1 aliphatic carbocycles. The maximum Gasteiger partial charge on any atom is 0.260 e. The third kappa shape index (κ3) is 4.97. The molecule has 0 aromatic heterocycles. The highest BCUT2D eigenvalue weighted by Gasteiger charge is 2.39. The Balaban J connectivity index is 1.37. The lowest BCUT2D eigenvalue weighted by atomic mass is 9.87. The van der Waals surface area contributed by atoms with E-state index in [1.54, 1.807) is 6.92 Å². The van der Waals surface area contributed by atoms with E-state index in [9.17, 15) is 9.59 Å². The monoisotopic (exact) mass is 462 g/mol. The van der Waals surface area contributed by atoms with Gasteiger partial charge in [-0.25, -0.2) is 0 Å². The first-order chi connectivity index (χ1) is 16.5. The van der Waals surface area contributed by atoms with Crippen LogP contribution in [0.1, 0.15) is 60.9 Å². The van der Waals surface area contributed by atoms with Crippen molar-refractivity contribution in [1.82, 2.24) is 10.2 Å². The average Bonchev–Trinajstić information content (AvgIpc) is 3.56. The summed E-state index contributed by atoms with van der Waals surface area (Å²) in [4.78, 5) is 27.9. The first-order valence-corrected chi connectivity index (χ1v) is 12.6. The van der Waals surface area contributed by atoms with Crippen LogP contribution in [0, 0.1) is 12.8 Å². The normalized spacial score (nSPS) is 22.7. The number of nitrogens with one attached hydrogen (secondary N) is 1. The van der Waals surface area contributed by atoms with Gasteiger partial charge in [-0.05, 0) is 74.8 Å². The maximum absolute atomic E-state index is 13.2.